The maximum atomic E-state index is 8.65. The minimum absolute atomic E-state index is 0.277. The van der Waals surface area contributed by atoms with Crippen molar-refractivity contribution in [1.82, 2.24) is 0 Å². The first-order chi connectivity index (χ1) is 8.77. The lowest BCUT2D eigenvalue weighted by Crippen LogP contribution is -1.95. The van der Waals surface area contributed by atoms with Crippen molar-refractivity contribution in [2.24, 2.45) is 0 Å². The summed E-state index contributed by atoms with van der Waals surface area (Å²) < 4.78 is 10.7. The average Bonchev–Trinajstić information content (AvgIpc) is 2.42. The lowest BCUT2D eigenvalue weighted by atomic mass is 10.2. The SMILES string of the molecule is C=C(OCCCCCCO)c1ccc(OC)cc1. The van der Waals surface area contributed by atoms with E-state index >= 15 is 0 Å². The summed E-state index contributed by atoms with van der Waals surface area (Å²) in [6.07, 6.45) is 4.00. The third-order valence-electron chi connectivity index (χ3n) is 2.74. The molecule has 0 heterocycles. The molecule has 0 aliphatic carbocycles. The number of unbranched alkanes of at least 4 members (excludes halogenated alkanes) is 3. The van der Waals surface area contributed by atoms with Crippen LogP contribution in [0.4, 0.5) is 0 Å². The smallest absolute Gasteiger partial charge is 0.119 e. The Labute approximate surface area is 109 Å². The zero-order chi connectivity index (χ0) is 13.2. The highest BCUT2D eigenvalue weighted by Gasteiger charge is 2.00. The van der Waals surface area contributed by atoms with Gasteiger partial charge in [-0.15, -0.1) is 0 Å². The van der Waals surface area contributed by atoms with E-state index in [9.17, 15) is 0 Å². The van der Waals surface area contributed by atoms with Crippen LogP contribution >= 0.6 is 0 Å². The highest BCUT2D eigenvalue weighted by Crippen LogP contribution is 2.18. The van der Waals surface area contributed by atoms with Gasteiger partial charge in [-0.25, -0.2) is 0 Å². The number of aliphatic hydroxyl groups is 1. The zero-order valence-corrected chi connectivity index (χ0v) is 11.0. The third kappa shape index (κ3) is 5.23. The molecule has 3 heteroatoms. The Morgan fingerprint density at radius 2 is 1.78 bits per heavy atom. The molecule has 0 bridgehead atoms. The van der Waals surface area contributed by atoms with Gasteiger partial charge in [0.1, 0.15) is 11.5 Å². The van der Waals surface area contributed by atoms with Crippen LogP contribution in [0.1, 0.15) is 31.2 Å². The molecule has 0 atom stereocenters. The predicted octanol–water partition coefficient (Wildman–Crippen LogP) is 3.24. The van der Waals surface area contributed by atoms with Gasteiger partial charge >= 0.3 is 0 Å². The second-order valence-electron chi connectivity index (χ2n) is 4.14. The molecule has 1 aromatic rings. The van der Waals surface area contributed by atoms with E-state index in [2.05, 4.69) is 6.58 Å². The molecule has 0 aromatic heterocycles. The second kappa shape index (κ2) is 8.59. The van der Waals surface area contributed by atoms with Crippen molar-refractivity contribution in [3.63, 3.8) is 0 Å². The van der Waals surface area contributed by atoms with Crippen LogP contribution in [0.5, 0.6) is 5.75 Å². The van der Waals surface area contributed by atoms with E-state index in [-0.39, 0.29) is 6.61 Å². The van der Waals surface area contributed by atoms with E-state index in [1.165, 1.54) is 0 Å². The Morgan fingerprint density at radius 3 is 2.39 bits per heavy atom. The summed E-state index contributed by atoms with van der Waals surface area (Å²) in [6, 6.07) is 7.66. The summed E-state index contributed by atoms with van der Waals surface area (Å²) in [4.78, 5) is 0. The van der Waals surface area contributed by atoms with Gasteiger partial charge in [0.25, 0.3) is 0 Å². The molecule has 0 aliphatic heterocycles. The number of benzene rings is 1. The highest BCUT2D eigenvalue weighted by molar-refractivity contribution is 5.58. The second-order valence-corrected chi connectivity index (χ2v) is 4.14. The van der Waals surface area contributed by atoms with E-state index in [1.54, 1.807) is 7.11 Å². The van der Waals surface area contributed by atoms with Gasteiger partial charge in [-0.05, 0) is 43.5 Å². The first kappa shape index (κ1) is 14.6. The van der Waals surface area contributed by atoms with Crippen LogP contribution in [0.2, 0.25) is 0 Å². The summed E-state index contributed by atoms with van der Waals surface area (Å²) in [6.45, 7) is 4.87. The molecule has 100 valence electrons. The van der Waals surface area contributed by atoms with E-state index in [0.29, 0.717) is 12.4 Å². The molecule has 1 N–H and O–H groups in total. The molecule has 0 radical (unpaired) electrons. The van der Waals surface area contributed by atoms with Gasteiger partial charge in [0.15, 0.2) is 0 Å². The van der Waals surface area contributed by atoms with E-state index in [1.807, 2.05) is 24.3 Å². The average molecular weight is 250 g/mol. The number of methoxy groups -OCH3 is 1. The fourth-order valence-corrected chi connectivity index (χ4v) is 1.62. The van der Waals surface area contributed by atoms with Crippen LogP contribution < -0.4 is 4.74 Å². The Balaban J connectivity index is 2.23. The lowest BCUT2D eigenvalue weighted by Gasteiger charge is -2.09. The fraction of sp³-hybridized carbons (Fsp3) is 0.467. The standard InChI is InChI=1S/C15H22O3/c1-13(18-12-6-4-3-5-11-16)14-7-9-15(17-2)10-8-14/h7-10,16H,1,3-6,11-12H2,2H3. The first-order valence-electron chi connectivity index (χ1n) is 6.35. The Bertz CT molecular complexity index is 343. The van der Waals surface area contributed by atoms with Gasteiger partial charge < -0.3 is 14.6 Å². The van der Waals surface area contributed by atoms with Gasteiger partial charge in [-0.1, -0.05) is 13.0 Å². The summed E-state index contributed by atoms with van der Waals surface area (Å²) in [5.74, 6) is 1.52. The molecule has 3 nitrogen and oxygen atoms in total. The maximum Gasteiger partial charge on any atom is 0.119 e. The summed E-state index contributed by atoms with van der Waals surface area (Å²) in [5.41, 5.74) is 0.978. The molecule has 1 aromatic carbocycles. The number of rotatable bonds is 9. The Kier molecular flexibility index (Phi) is 6.96. The quantitative estimate of drug-likeness (QED) is 0.540. The van der Waals surface area contributed by atoms with Crippen molar-refractivity contribution in [1.29, 1.82) is 0 Å². The molecule has 0 unspecified atom stereocenters. The number of hydrogen-bond donors (Lipinski definition) is 1. The van der Waals surface area contributed by atoms with Gasteiger partial charge in [0.2, 0.25) is 0 Å². The molecular formula is C15H22O3. The largest absolute Gasteiger partial charge is 0.497 e. The van der Waals surface area contributed by atoms with E-state index < -0.39 is 0 Å². The van der Waals surface area contributed by atoms with Crippen molar-refractivity contribution in [2.75, 3.05) is 20.3 Å². The van der Waals surface area contributed by atoms with Gasteiger partial charge in [-0.2, -0.15) is 0 Å². The maximum absolute atomic E-state index is 8.65. The topological polar surface area (TPSA) is 38.7 Å². The van der Waals surface area contributed by atoms with Crippen molar-refractivity contribution in [3.8, 4) is 5.75 Å². The molecule has 0 amide bonds. The highest BCUT2D eigenvalue weighted by atomic mass is 16.5. The summed E-state index contributed by atoms with van der Waals surface area (Å²) in [7, 11) is 1.65. The number of hydrogen-bond acceptors (Lipinski definition) is 3. The molecule has 0 spiro atoms. The van der Waals surface area contributed by atoms with Gasteiger partial charge in [0.05, 0.1) is 13.7 Å². The minimum atomic E-state index is 0.277. The van der Waals surface area contributed by atoms with Crippen LogP contribution in [0, 0.1) is 0 Å². The Morgan fingerprint density at radius 1 is 1.11 bits per heavy atom. The van der Waals surface area contributed by atoms with Crippen molar-refractivity contribution >= 4 is 5.76 Å². The molecule has 1 rings (SSSR count). The zero-order valence-electron chi connectivity index (χ0n) is 11.0. The van der Waals surface area contributed by atoms with Gasteiger partial charge in [-0.3, -0.25) is 0 Å². The van der Waals surface area contributed by atoms with Crippen molar-refractivity contribution in [3.05, 3.63) is 36.4 Å². The number of ether oxygens (including phenoxy) is 2. The molecule has 0 saturated carbocycles. The summed E-state index contributed by atoms with van der Waals surface area (Å²) >= 11 is 0. The number of aliphatic hydroxyl groups excluding tert-OH is 1. The van der Waals surface area contributed by atoms with Gasteiger partial charge in [0, 0.05) is 12.2 Å². The van der Waals surface area contributed by atoms with E-state index in [4.69, 9.17) is 14.6 Å². The van der Waals surface area contributed by atoms with E-state index in [0.717, 1.165) is 37.0 Å². The first-order valence-corrected chi connectivity index (χ1v) is 6.35. The lowest BCUT2D eigenvalue weighted by molar-refractivity contribution is 0.257. The van der Waals surface area contributed by atoms with Crippen molar-refractivity contribution < 1.29 is 14.6 Å². The minimum Gasteiger partial charge on any atom is -0.497 e. The third-order valence-corrected chi connectivity index (χ3v) is 2.74. The van der Waals surface area contributed by atoms with Crippen LogP contribution in [-0.2, 0) is 4.74 Å². The Hall–Kier alpha value is -1.48. The van der Waals surface area contributed by atoms with Crippen LogP contribution in [0.15, 0.2) is 30.8 Å². The van der Waals surface area contributed by atoms with Crippen molar-refractivity contribution in [2.45, 2.75) is 25.7 Å². The monoisotopic (exact) mass is 250 g/mol. The normalized spacial score (nSPS) is 10.1. The van der Waals surface area contributed by atoms with Crippen LogP contribution in [-0.4, -0.2) is 25.4 Å². The molecule has 18 heavy (non-hydrogen) atoms. The molecule has 0 saturated heterocycles. The van der Waals surface area contributed by atoms with Crippen LogP contribution in [0.3, 0.4) is 0 Å². The molecule has 0 aliphatic rings. The fourth-order valence-electron chi connectivity index (χ4n) is 1.62. The summed E-state index contributed by atoms with van der Waals surface area (Å²) in [5, 5.41) is 8.65. The molecule has 0 fully saturated rings. The molecular weight excluding hydrogens is 228 g/mol. The predicted molar refractivity (Wildman–Crippen MR) is 73.5 cm³/mol. The van der Waals surface area contributed by atoms with Crippen LogP contribution in [0.25, 0.3) is 5.76 Å².